The molecule has 0 aromatic carbocycles. The predicted octanol–water partition coefficient (Wildman–Crippen LogP) is 3.09. The summed E-state index contributed by atoms with van der Waals surface area (Å²) < 4.78 is 16.6. The van der Waals surface area contributed by atoms with Crippen LogP contribution in [0.2, 0.25) is 0 Å². The van der Waals surface area contributed by atoms with Gasteiger partial charge in [0.15, 0.2) is 0 Å². The molecule has 2 atom stereocenters. The topological polar surface area (TPSA) is 82.1 Å². The molecule has 0 aromatic rings. The molecule has 0 bridgehead atoms. The Hall–Kier alpha value is -1.63. The molecule has 0 N–H and O–H groups in total. The smallest absolute Gasteiger partial charge is 0.411 e. The average molecular weight is 383 g/mol. The average Bonchev–Trinajstić information content (AvgIpc) is 3.02. The van der Waals surface area contributed by atoms with E-state index in [1.807, 2.05) is 27.7 Å². The molecule has 1 heterocycles. The lowest BCUT2D eigenvalue weighted by molar-refractivity contribution is -0.150. The molecule has 154 valence electrons. The number of aldehydes is 1. The molecular formula is C20H33NO6. The number of carbonyl (C=O) groups excluding carboxylic acids is 3. The SMILES string of the molecule is CCOC(=O)C1CCC(OC[C@@H]2CC[C@@H](C=O)N2C(=O)OC(C)(C)C)CC1. The number of esters is 1. The molecule has 7 heteroatoms. The van der Waals surface area contributed by atoms with E-state index in [9.17, 15) is 14.4 Å². The van der Waals surface area contributed by atoms with Crippen molar-refractivity contribution in [3.05, 3.63) is 0 Å². The first-order valence-corrected chi connectivity index (χ1v) is 10.00. The molecule has 0 aromatic heterocycles. The summed E-state index contributed by atoms with van der Waals surface area (Å²) in [4.78, 5) is 37.2. The molecule has 0 unspecified atom stereocenters. The van der Waals surface area contributed by atoms with Crippen molar-refractivity contribution in [2.75, 3.05) is 13.2 Å². The van der Waals surface area contributed by atoms with Gasteiger partial charge >= 0.3 is 12.1 Å². The van der Waals surface area contributed by atoms with E-state index in [0.29, 0.717) is 19.6 Å². The fraction of sp³-hybridized carbons (Fsp3) is 0.850. The summed E-state index contributed by atoms with van der Waals surface area (Å²) in [6, 6.07) is -0.606. The number of rotatable bonds is 6. The van der Waals surface area contributed by atoms with E-state index in [-0.39, 0.29) is 24.0 Å². The van der Waals surface area contributed by atoms with E-state index in [1.165, 1.54) is 4.90 Å². The number of hydrogen-bond acceptors (Lipinski definition) is 6. The minimum Gasteiger partial charge on any atom is -0.466 e. The van der Waals surface area contributed by atoms with Gasteiger partial charge in [0, 0.05) is 0 Å². The van der Waals surface area contributed by atoms with Crippen molar-refractivity contribution in [2.24, 2.45) is 5.92 Å². The highest BCUT2D eigenvalue weighted by Gasteiger charge is 2.40. The summed E-state index contributed by atoms with van der Waals surface area (Å²) in [5.41, 5.74) is -0.607. The second kappa shape index (κ2) is 9.53. The quantitative estimate of drug-likeness (QED) is 0.518. The van der Waals surface area contributed by atoms with Gasteiger partial charge in [0.05, 0.1) is 37.3 Å². The zero-order chi connectivity index (χ0) is 20.0. The Kier molecular flexibility index (Phi) is 7.65. The number of hydrogen-bond donors (Lipinski definition) is 0. The molecule has 2 aliphatic rings. The van der Waals surface area contributed by atoms with Crippen molar-refractivity contribution < 1.29 is 28.6 Å². The van der Waals surface area contributed by atoms with Gasteiger partial charge < -0.3 is 19.0 Å². The fourth-order valence-electron chi connectivity index (χ4n) is 3.78. The highest BCUT2D eigenvalue weighted by atomic mass is 16.6. The van der Waals surface area contributed by atoms with Crippen molar-refractivity contribution >= 4 is 18.3 Å². The lowest BCUT2D eigenvalue weighted by Crippen LogP contribution is -2.46. The third-order valence-corrected chi connectivity index (χ3v) is 5.13. The molecule has 1 aliphatic carbocycles. The maximum Gasteiger partial charge on any atom is 0.411 e. The third-order valence-electron chi connectivity index (χ3n) is 5.13. The molecular weight excluding hydrogens is 350 g/mol. The number of nitrogens with zero attached hydrogens (tertiary/aromatic N) is 1. The Morgan fingerprint density at radius 2 is 1.74 bits per heavy atom. The number of ether oxygens (including phenoxy) is 3. The van der Waals surface area contributed by atoms with Crippen LogP contribution in [0.4, 0.5) is 4.79 Å². The van der Waals surface area contributed by atoms with Gasteiger partial charge in [0.1, 0.15) is 11.9 Å². The molecule has 1 amide bonds. The van der Waals surface area contributed by atoms with E-state index in [1.54, 1.807) is 0 Å². The van der Waals surface area contributed by atoms with E-state index in [4.69, 9.17) is 14.2 Å². The second-order valence-electron chi connectivity index (χ2n) is 8.38. The van der Waals surface area contributed by atoms with Crippen molar-refractivity contribution in [1.82, 2.24) is 4.90 Å². The van der Waals surface area contributed by atoms with E-state index < -0.39 is 17.7 Å². The maximum atomic E-state index is 12.5. The van der Waals surface area contributed by atoms with Crippen LogP contribution in [0.15, 0.2) is 0 Å². The van der Waals surface area contributed by atoms with Crippen molar-refractivity contribution in [3.8, 4) is 0 Å². The molecule has 1 saturated carbocycles. The zero-order valence-corrected chi connectivity index (χ0v) is 16.9. The Morgan fingerprint density at radius 3 is 2.30 bits per heavy atom. The Balaban J connectivity index is 1.84. The van der Waals surface area contributed by atoms with Crippen LogP contribution in [0.1, 0.15) is 66.2 Å². The van der Waals surface area contributed by atoms with Crippen LogP contribution in [0.3, 0.4) is 0 Å². The van der Waals surface area contributed by atoms with Crippen LogP contribution in [0.25, 0.3) is 0 Å². The summed E-state index contributed by atoms with van der Waals surface area (Å²) in [5, 5.41) is 0. The summed E-state index contributed by atoms with van der Waals surface area (Å²) >= 11 is 0. The molecule has 2 rings (SSSR count). The highest BCUT2D eigenvalue weighted by molar-refractivity contribution is 5.75. The highest BCUT2D eigenvalue weighted by Crippen LogP contribution is 2.30. The monoisotopic (exact) mass is 383 g/mol. The first-order chi connectivity index (χ1) is 12.7. The van der Waals surface area contributed by atoms with Gasteiger partial charge in [-0.1, -0.05) is 0 Å². The first kappa shape index (κ1) is 21.7. The van der Waals surface area contributed by atoms with Crippen LogP contribution in [-0.4, -0.2) is 60.3 Å². The molecule has 2 fully saturated rings. The van der Waals surface area contributed by atoms with Crippen molar-refractivity contribution in [2.45, 2.75) is 90.0 Å². The molecule has 7 nitrogen and oxygen atoms in total. The number of carbonyl (C=O) groups is 3. The third kappa shape index (κ3) is 6.19. The summed E-state index contributed by atoms with van der Waals surface area (Å²) in [5.74, 6) is -0.148. The summed E-state index contributed by atoms with van der Waals surface area (Å²) in [6.45, 7) is 8.05. The van der Waals surface area contributed by atoms with Gasteiger partial charge in [-0.3, -0.25) is 9.69 Å². The summed E-state index contributed by atoms with van der Waals surface area (Å²) in [6.07, 6.45) is 4.92. The zero-order valence-electron chi connectivity index (χ0n) is 16.9. The normalized spacial score (nSPS) is 28.7. The van der Waals surface area contributed by atoms with Crippen molar-refractivity contribution in [1.29, 1.82) is 0 Å². The first-order valence-electron chi connectivity index (χ1n) is 10.00. The number of amides is 1. The predicted molar refractivity (Wildman–Crippen MR) is 99.3 cm³/mol. The molecule has 0 spiro atoms. The van der Waals surface area contributed by atoms with Gasteiger partial charge in [-0.2, -0.15) is 0 Å². The van der Waals surface area contributed by atoms with Crippen LogP contribution in [0.5, 0.6) is 0 Å². The fourth-order valence-corrected chi connectivity index (χ4v) is 3.78. The van der Waals surface area contributed by atoms with Crippen LogP contribution in [0, 0.1) is 5.92 Å². The van der Waals surface area contributed by atoms with Crippen molar-refractivity contribution in [3.63, 3.8) is 0 Å². The largest absolute Gasteiger partial charge is 0.466 e. The van der Waals surface area contributed by atoms with Crippen LogP contribution in [-0.2, 0) is 23.8 Å². The minimum atomic E-state index is -0.607. The van der Waals surface area contributed by atoms with E-state index >= 15 is 0 Å². The number of likely N-dealkylation sites (tertiary alicyclic amines) is 1. The Labute approximate surface area is 161 Å². The standard InChI is InChI=1S/C20H33NO6/c1-5-25-18(23)14-6-10-17(11-7-14)26-13-16-9-8-15(12-22)21(16)19(24)27-20(2,3)4/h12,14-17H,5-11,13H2,1-4H3/t14?,15-,16-,17?/m0/s1. The van der Waals surface area contributed by atoms with Crippen LogP contribution >= 0.6 is 0 Å². The van der Waals surface area contributed by atoms with Gasteiger partial charge in [0.25, 0.3) is 0 Å². The van der Waals surface area contributed by atoms with Gasteiger partial charge in [-0.15, -0.1) is 0 Å². The Bertz CT molecular complexity index is 521. The Morgan fingerprint density at radius 1 is 1.07 bits per heavy atom. The molecule has 1 aliphatic heterocycles. The lowest BCUT2D eigenvalue weighted by Gasteiger charge is -2.32. The summed E-state index contributed by atoms with van der Waals surface area (Å²) in [7, 11) is 0. The van der Waals surface area contributed by atoms with E-state index in [0.717, 1.165) is 38.4 Å². The van der Waals surface area contributed by atoms with E-state index in [2.05, 4.69) is 0 Å². The lowest BCUT2D eigenvalue weighted by atomic mass is 9.87. The minimum absolute atomic E-state index is 0.0333. The molecule has 1 saturated heterocycles. The second-order valence-corrected chi connectivity index (χ2v) is 8.38. The van der Waals surface area contributed by atoms with Gasteiger partial charge in [0.2, 0.25) is 0 Å². The van der Waals surface area contributed by atoms with Crippen LogP contribution < -0.4 is 0 Å². The maximum absolute atomic E-state index is 12.5. The molecule has 27 heavy (non-hydrogen) atoms. The molecule has 0 radical (unpaired) electrons. The van der Waals surface area contributed by atoms with Gasteiger partial charge in [-0.05, 0) is 66.2 Å². The van der Waals surface area contributed by atoms with Gasteiger partial charge in [-0.25, -0.2) is 4.79 Å².